The number of aliphatic hydroxyl groups is 1. The predicted molar refractivity (Wildman–Crippen MR) is 71.0 cm³/mol. The molecule has 3 unspecified atom stereocenters. The number of amides is 2. The molecule has 7 nitrogen and oxygen atoms in total. The minimum absolute atomic E-state index is 0.0731. The largest absolute Gasteiger partial charge is 0.477 e. The Hall–Kier alpha value is -1.80. The highest BCUT2D eigenvalue weighted by molar-refractivity contribution is 8.05. The number of hydrogen-bond donors (Lipinski definition) is 3. The Labute approximate surface area is 119 Å². The monoisotopic (exact) mass is 298 g/mol. The number of carboxylic acids is 1. The molecule has 0 aromatic carbocycles. The van der Waals surface area contributed by atoms with Crippen molar-refractivity contribution in [3.63, 3.8) is 0 Å². The molecule has 3 atom stereocenters. The minimum Gasteiger partial charge on any atom is -0.477 e. The Kier molecular flexibility index (Phi) is 3.87. The van der Waals surface area contributed by atoms with Gasteiger partial charge in [-0.2, -0.15) is 0 Å². The van der Waals surface area contributed by atoms with Crippen LogP contribution in [0.3, 0.4) is 0 Å². The third-order valence-electron chi connectivity index (χ3n) is 3.33. The van der Waals surface area contributed by atoms with E-state index in [1.807, 2.05) is 0 Å². The Balaban J connectivity index is 2.21. The van der Waals surface area contributed by atoms with E-state index in [1.165, 1.54) is 17.2 Å². The van der Waals surface area contributed by atoms with Crippen LogP contribution in [0.2, 0.25) is 0 Å². The number of β-lactam (4-membered cyclic amide) rings is 1. The van der Waals surface area contributed by atoms with E-state index < -0.39 is 23.9 Å². The van der Waals surface area contributed by atoms with Gasteiger partial charge in [0.2, 0.25) is 11.8 Å². The van der Waals surface area contributed by atoms with E-state index in [2.05, 4.69) is 0 Å². The van der Waals surface area contributed by atoms with Crippen LogP contribution in [-0.4, -0.2) is 45.0 Å². The molecule has 8 heteroatoms. The number of carbonyl (C=O) groups is 3. The molecule has 0 aromatic rings. The van der Waals surface area contributed by atoms with E-state index in [1.54, 1.807) is 0 Å². The van der Waals surface area contributed by atoms with Gasteiger partial charge in [0.25, 0.3) is 0 Å². The van der Waals surface area contributed by atoms with Crippen molar-refractivity contribution in [1.29, 1.82) is 0 Å². The molecule has 1 saturated heterocycles. The molecule has 0 spiro atoms. The molecule has 2 heterocycles. The third kappa shape index (κ3) is 2.32. The maximum absolute atomic E-state index is 11.9. The molecular formula is C12H14N2O5S. The maximum Gasteiger partial charge on any atom is 0.353 e. The number of aliphatic carboxylic acids is 1. The van der Waals surface area contributed by atoms with Gasteiger partial charge in [-0.15, -0.1) is 0 Å². The summed E-state index contributed by atoms with van der Waals surface area (Å²) in [5.41, 5.74) is 4.88. The average molecular weight is 298 g/mol. The fourth-order valence-electron chi connectivity index (χ4n) is 2.52. The Morgan fingerprint density at radius 1 is 1.55 bits per heavy atom. The highest BCUT2D eigenvalue weighted by atomic mass is 32.2. The SMILES string of the molecule is CC(O)C1C(=O)N2C(C(=O)O)=C(S/C=C\C(N)=O)CC12. The summed E-state index contributed by atoms with van der Waals surface area (Å²) in [5.74, 6) is -2.77. The molecular weight excluding hydrogens is 284 g/mol. The first kappa shape index (κ1) is 14.6. The quantitative estimate of drug-likeness (QED) is 0.470. The minimum atomic E-state index is -1.19. The number of fused-ring (bicyclic) bond motifs is 1. The average Bonchev–Trinajstić information content (AvgIpc) is 2.63. The van der Waals surface area contributed by atoms with Gasteiger partial charge in [0, 0.05) is 17.4 Å². The summed E-state index contributed by atoms with van der Waals surface area (Å²) in [5, 5.41) is 20.2. The van der Waals surface area contributed by atoms with Gasteiger partial charge in [-0.3, -0.25) is 9.59 Å². The number of carbonyl (C=O) groups excluding carboxylic acids is 2. The summed E-state index contributed by atoms with van der Waals surface area (Å²) in [7, 11) is 0. The lowest BCUT2D eigenvalue weighted by molar-refractivity contribution is -0.161. The second-order valence-electron chi connectivity index (χ2n) is 4.65. The van der Waals surface area contributed by atoms with Crippen LogP contribution >= 0.6 is 11.8 Å². The Morgan fingerprint density at radius 3 is 2.70 bits per heavy atom. The van der Waals surface area contributed by atoms with Crippen LogP contribution in [0, 0.1) is 5.92 Å². The Bertz CT molecular complexity index is 540. The van der Waals surface area contributed by atoms with Crippen molar-refractivity contribution in [3.8, 4) is 0 Å². The van der Waals surface area contributed by atoms with Gasteiger partial charge in [-0.25, -0.2) is 4.79 Å². The first-order valence-electron chi connectivity index (χ1n) is 5.94. The highest BCUT2D eigenvalue weighted by Crippen LogP contribution is 2.47. The molecule has 0 saturated carbocycles. The zero-order chi connectivity index (χ0) is 15.0. The molecule has 2 aliphatic rings. The number of hydrogen-bond acceptors (Lipinski definition) is 5. The fourth-order valence-corrected chi connectivity index (χ4v) is 3.45. The first-order valence-corrected chi connectivity index (χ1v) is 6.82. The van der Waals surface area contributed by atoms with E-state index in [9.17, 15) is 24.6 Å². The molecule has 2 rings (SSSR count). The lowest BCUT2D eigenvalue weighted by Gasteiger charge is -2.44. The van der Waals surface area contributed by atoms with Crippen molar-refractivity contribution in [2.75, 3.05) is 0 Å². The molecule has 2 aliphatic heterocycles. The zero-order valence-electron chi connectivity index (χ0n) is 10.6. The standard InChI is InChI=1S/C12H14N2O5S/c1-5(15)9-6-4-7(20-3-2-8(13)16)10(12(18)19)14(6)11(9)17/h2-3,5-6,9,15H,4H2,1H3,(H2,13,16)(H,18,19)/b3-2-. The highest BCUT2D eigenvalue weighted by Gasteiger charge is 2.56. The molecule has 4 N–H and O–H groups in total. The Morgan fingerprint density at radius 2 is 2.20 bits per heavy atom. The van der Waals surface area contributed by atoms with Crippen molar-refractivity contribution < 1.29 is 24.6 Å². The molecule has 0 aromatic heterocycles. The van der Waals surface area contributed by atoms with Crippen LogP contribution in [0.1, 0.15) is 13.3 Å². The normalized spacial score (nSPS) is 26.7. The molecule has 0 aliphatic carbocycles. The number of thioether (sulfide) groups is 1. The number of carboxylic acid groups (broad SMARTS) is 1. The summed E-state index contributed by atoms with van der Waals surface area (Å²) in [6.07, 6.45) is 0.668. The summed E-state index contributed by atoms with van der Waals surface area (Å²) in [6.45, 7) is 1.51. The summed E-state index contributed by atoms with van der Waals surface area (Å²) >= 11 is 1.05. The number of rotatable bonds is 5. The third-order valence-corrected chi connectivity index (χ3v) is 4.25. The molecule has 2 amide bonds. The van der Waals surface area contributed by atoms with Crippen molar-refractivity contribution in [1.82, 2.24) is 4.90 Å². The molecule has 0 bridgehead atoms. The second kappa shape index (κ2) is 5.29. The van der Waals surface area contributed by atoms with Crippen LogP contribution in [0.15, 0.2) is 22.1 Å². The van der Waals surface area contributed by atoms with E-state index in [-0.39, 0.29) is 17.6 Å². The fraction of sp³-hybridized carbons (Fsp3) is 0.417. The summed E-state index contributed by atoms with van der Waals surface area (Å²) in [4.78, 5) is 35.5. The lowest BCUT2D eigenvalue weighted by atomic mass is 9.83. The van der Waals surface area contributed by atoms with Crippen molar-refractivity contribution in [2.24, 2.45) is 11.7 Å². The summed E-state index contributed by atoms with van der Waals surface area (Å²) in [6, 6.07) is -0.321. The van der Waals surface area contributed by atoms with Crippen LogP contribution in [-0.2, 0) is 14.4 Å². The van der Waals surface area contributed by atoms with Crippen molar-refractivity contribution in [2.45, 2.75) is 25.5 Å². The number of nitrogens with two attached hydrogens (primary N) is 1. The molecule has 1 fully saturated rings. The van der Waals surface area contributed by atoms with Crippen LogP contribution in [0.4, 0.5) is 0 Å². The van der Waals surface area contributed by atoms with E-state index >= 15 is 0 Å². The number of primary amides is 1. The van der Waals surface area contributed by atoms with Crippen LogP contribution in [0.5, 0.6) is 0 Å². The van der Waals surface area contributed by atoms with Gasteiger partial charge in [0.1, 0.15) is 5.70 Å². The first-order chi connectivity index (χ1) is 9.34. The van der Waals surface area contributed by atoms with Crippen molar-refractivity contribution in [3.05, 3.63) is 22.1 Å². The molecule has 0 radical (unpaired) electrons. The maximum atomic E-state index is 11.9. The zero-order valence-corrected chi connectivity index (χ0v) is 11.5. The number of aliphatic hydroxyl groups excluding tert-OH is 1. The van der Waals surface area contributed by atoms with Gasteiger partial charge in [-0.1, -0.05) is 11.8 Å². The van der Waals surface area contributed by atoms with E-state index in [0.29, 0.717) is 11.3 Å². The topological polar surface area (TPSA) is 121 Å². The van der Waals surface area contributed by atoms with Gasteiger partial charge < -0.3 is 20.8 Å². The molecule has 20 heavy (non-hydrogen) atoms. The second-order valence-corrected chi connectivity index (χ2v) is 5.65. The van der Waals surface area contributed by atoms with Gasteiger partial charge >= 0.3 is 5.97 Å². The van der Waals surface area contributed by atoms with Gasteiger partial charge in [-0.05, 0) is 12.3 Å². The lowest BCUT2D eigenvalue weighted by Crippen LogP contribution is -2.61. The number of nitrogens with zero attached hydrogens (tertiary/aromatic N) is 1. The van der Waals surface area contributed by atoms with Gasteiger partial charge in [0.05, 0.1) is 18.1 Å². The van der Waals surface area contributed by atoms with Crippen LogP contribution < -0.4 is 5.73 Å². The smallest absolute Gasteiger partial charge is 0.353 e. The summed E-state index contributed by atoms with van der Waals surface area (Å²) < 4.78 is 0. The molecule has 108 valence electrons. The predicted octanol–water partition coefficient (Wildman–Crippen LogP) is -0.374. The van der Waals surface area contributed by atoms with E-state index in [0.717, 1.165) is 17.8 Å². The van der Waals surface area contributed by atoms with Crippen molar-refractivity contribution >= 4 is 29.5 Å². The van der Waals surface area contributed by atoms with Crippen LogP contribution in [0.25, 0.3) is 0 Å². The van der Waals surface area contributed by atoms with E-state index in [4.69, 9.17) is 5.73 Å². The van der Waals surface area contributed by atoms with Gasteiger partial charge in [0.15, 0.2) is 0 Å².